The average molecular weight is 371 g/mol. The second-order valence-corrected chi connectivity index (χ2v) is 6.50. The van der Waals surface area contributed by atoms with E-state index < -0.39 is 5.76 Å². The molecule has 6 heteroatoms. The third-order valence-corrected chi connectivity index (χ3v) is 4.30. The molecule has 90 valence electrons. The van der Waals surface area contributed by atoms with Crippen molar-refractivity contribution in [2.75, 3.05) is 0 Å². The van der Waals surface area contributed by atoms with E-state index >= 15 is 0 Å². The molecular weight excluding hydrogens is 365 g/mol. The van der Waals surface area contributed by atoms with Gasteiger partial charge in [0.05, 0.1) is 8.40 Å². The van der Waals surface area contributed by atoms with Gasteiger partial charge >= 0.3 is 5.76 Å². The number of thiophene rings is 1. The number of hydrogen-bond acceptors (Lipinski definition) is 4. The lowest BCUT2D eigenvalue weighted by atomic mass is 10.1. The predicted molar refractivity (Wildman–Crippen MR) is 77.3 cm³/mol. The number of H-pyrrole nitrogens is 1. The Kier molecular flexibility index (Phi) is 2.83. The summed E-state index contributed by atoms with van der Waals surface area (Å²) in [7, 11) is 0. The van der Waals surface area contributed by atoms with Crippen LogP contribution in [0.25, 0.3) is 11.1 Å². The van der Waals surface area contributed by atoms with Crippen molar-refractivity contribution in [2.45, 2.75) is 0 Å². The van der Waals surface area contributed by atoms with E-state index in [9.17, 15) is 9.59 Å². The predicted octanol–water partition coefficient (Wildman–Crippen LogP) is 3.02. The van der Waals surface area contributed by atoms with Crippen LogP contribution in [0.4, 0.5) is 0 Å². The van der Waals surface area contributed by atoms with E-state index in [4.69, 9.17) is 4.42 Å². The van der Waals surface area contributed by atoms with Gasteiger partial charge in [-0.15, -0.1) is 11.3 Å². The summed E-state index contributed by atoms with van der Waals surface area (Å²) in [5.74, 6) is -0.584. The molecule has 18 heavy (non-hydrogen) atoms. The summed E-state index contributed by atoms with van der Waals surface area (Å²) in [6, 6.07) is 6.77. The molecule has 0 amide bonds. The molecule has 3 aromatic rings. The Bertz CT molecular complexity index is 799. The van der Waals surface area contributed by atoms with E-state index in [0.717, 1.165) is 2.88 Å². The number of aromatic nitrogens is 1. The monoisotopic (exact) mass is 371 g/mol. The number of nitrogens with one attached hydrogen (secondary N) is 1. The molecule has 0 saturated carbocycles. The topological polar surface area (TPSA) is 63.1 Å². The Morgan fingerprint density at radius 3 is 2.83 bits per heavy atom. The molecule has 0 aliphatic rings. The molecule has 0 saturated heterocycles. The molecule has 0 aliphatic heterocycles. The van der Waals surface area contributed by atoms with Gasteiger partial charge in [0.1, 0.15) is 0 Å². The van der Waals surface area contributed by atoms with E-state index in [2.05, 4.69) is 27.6 Å². The fourth-order valence-electron chi connectivity index (χ4n) is 1.68. The first-order chi connectivity index (χ1) is 8.63. The summed E-state index contributed by atoms with van der Waals surface area (Å²) in [5.41, 5.74) is 2.16. The molecule has 4 nitrogen and oxygen atoms in total. The number of carbonyl (C=O) groups excluding carboxylic acids is 1. The second kappa shape index (κ2) is 4.36. The maximum absolute atomic E-state index is 12.2. The van der Waals surface area contributed by atoms with E-state index in [1.165, 1.54) is 11.3 Å². The summed E-state index contributed by atoms with van der Waals surface area (Å²) in [4.78, 5) is 25.8. The largest absolute Gasteiger partial charge is 0.417 e. The fourth-order valence-corrected chi connectivity index (χ4v) is 3.01. The molecule has 3 rings (SSSR count). The third kappa shape index (κ3) is 2.01. The van der Waals surface area contributed by atoms with Crippen LogP contribution in [0.5, 0.6) is 0 Å². The first-order valence-corrected chi connectivity index (χ1v) is 7.01. The first-order valence-electron chi connectivity index (χ1n) is 5.05. The van der Waals surface area contributed by atoms with Crippen molar-refractivity contribution in [2.24, 2.45) is 0 Å². The van der Waals surface area contributed by atoms with Gasteiger partial charge in [0, 0.05) is 16.5 Å². The lowest BCUT2D eigenvalue weighted by Crippen LogP contribution is -1.98. The molecule has 0 spiro atoms. The van der Waals surface area contributed by atoms with Crippen LogP contribution in [-0.2, 0) is 0 Å². The Balaban J connectivity index is 2.08. The lowest BCUT2D eigenvalue weighted by Gasteiger charge is -1.97. The van der Waals surface area contributed by atoms with Gasteiger partial charge in [-0.05, 0) is 46.9 Å². The summed E-state index contributed by atoms with van der Waals surface area (Å²) in [6.45, 7) is 0. The SMILES string of the molecule is O=C(c1csc(I)c1)c1ccc2[nH]c(=O)oc2c1. The highest BCUT2D eigenvalue weighted by molar-refractivity contribution is 14.1. The Labute approximate surface area is 119 Å². The molecule has 1 N–H and O–H groups in total. The minimum atomic E-state index is -0.514. The van der Waals surface area contributed by atoms with Gasteiger partial charge in [0.25, 0.3) is 0 Å². The van der Waals surface area contributed by atoms with Gasteiger partial charge in [-0.1, -0.05) is 0 Å². The van der Waals surface area contributed by atoms with Gasteiger partial charge in [-0.2, -0.15) is 0 Å². The van der Waals surface area contributed by atoms with Gasteiger partial charge in [0.2, 0.25) is 0 Å². The molecule has 2 heterocycles. The normalized spacial score (nSPS) is 10.9. The van der Waals surface area contributed by atoms with Crippen LogP contribution in [0, 0.1) is 2.88 Å². The van der Waals surface area contributed by atoms with Crippen LogP contribution in [-0.4, -0.2) is 10.8 Å². The fraction of sp³-hybridized carbons (Fsp3) is 0. The summed E-state index contributed by atoms with van der Waals surface area (Å²) in [6.07, 6.45) is 0. The van der Waals surface area contributed by atoms with Crippen molar-refractivity contribution >= 4 is 50.8 Å². The van der Waals surface area contributed by atoms with Crippen LogP contribution in [0.2, 0.25) is 0 Å². The standard InChI is InChI=1S/C12H6INO3S/c13-10-4-7(5-18-10)11(15)6-1-2-8-9(3-6)17-12(16)14-8/h1-5H,(H,14,16). The smallest absolute Gasteiger partial charge is 0.408 e. The van der Waals surface area contributed by atoms with Crippen LogP contribution in [0.1, 0.15) is 15.9 Å². The van der Waals surface area contributed by atoms with Crippen molar-refractivity contribution in [3.63, 3.8) is 0 Å². The molecule has 2 aromatic heterocycles. The van der Waals surface area contributed by atoms with Gasteiger partial charge in [0.15, 0.2) is 11.4 Å². The first kappa shape index (κ1) is 11.7. The molecule has 0 radical (unpaired) electrons. The molecule has 0 atom stereocenters. The quantitative estimate of drug-likeness (QED) is 0.557. The van der Waals surface area contributed by atoms with Crippen molar-refractivity contribution in [1.29, 1.82) is 0 Å². The van der Waals surface area contributed by atoms with Crippen molar-refractivity contribution in [3.05, 3.63) is 54.2 Å². The Morgan fingerprint density at radius 2 is 2.11 bits per heavy atom. The molecule has 0 fully saturated rings. The minimum Gasteiger partial charge on any atom is -0.408 e. The Hall–Kier alpha value is -1.41. The number of hydrogen-bond donors (Lipinski definition) is 1. The number of fused-ring (bicyclic) bond motifs is 1. The number of carbonyl (C=O) groups is 1. The average Bonchev–Trinajstić information content (AvgIpc) is 2.92. The second-order valence-electron chi connectivity index (χ2n) is 3.69. The van der Waals surface area contributed by atoms with Crippen molar-refractivity contribution in [1.82, 2.24) is 4.98 Å². The lowest BCUT2D eigenvalue weighted by molar-refractivity contribution is 0.103. The highest BCUT2D eigenvalue weighted by Crippen LogP contribution is 2.21. The number of oxazole rings is 1. The van der Waals surface area contributed by atoms with E-state index in [1.807, 2.05) is 11.4 Å². The summed E-state index contributed by atoms with van der Waals surface area (Å²) >= 11 is 3.69. The zero-order valence-corrected chi connectivity index (χ0v) is 11.9. The number of benzene rings is 1. The van der Waals surface area contributed by atoms with E-state index in [-0.39, 0.29) is 5.78 Å². The maximum Gasteiger partial charge on any atom is 0.417 e. The number of aromatic amines is 1. The number of halogens is 1. The number of rotatable bonds is 2. The molecule has 0 bridgehead atoms. The summed E-state index contributed by atoms with van der Waals surface area (Å²) in [5, 5.41) is 1.82. The van der Waals surface area contributed by atoms with Crippen LogP contribution in [0.3, 0.4) is 0 Å². The van der Waals surface area contributed by atoms with Crippen molar-refractivity contribution < 1.29 is 9.21 Å². The highest BCUT2D eigenvalue weighted by atomic mass is 127. The van der Waals surface area contributed by atoms with Crippen LogP contribution in [0.15, 0.2) is 38.9 Å². The molecule has 1 aromatic carbocycles. The third-order valence-electron chi connectivity index (χ3n) is 2.51. The van der Waals surface area contributed by atoms with Crippen LogP contribution >= 0.6 is 33.9 Å². The van der Waals surface area contributed by atoms with E-state index in [1.54, 1.807) is 18.2 Å². The minimum absolute atomic E-state index is 0.0695. The number of ketones is 1. The molecular formula is C12H6INO3S. The van der Waals surface area contributed by atoms with E-state index in [0.29, 0.717) is 22.2 Å². The van der Waals surface area contributed by atoms with Gasteiger partial charge < -0.3 is 4.42 Å². The zero-order chi connectivity index (χ0) is 12.7. The summed E-state index contributed by atoms with van der Waals surface area (Å²) < 4.78 is 6.00. The Morgan fingerprint density at radius 1 is 1.28 bits per heavy atom. The van der Waals surface area contributed by atoms with Gasteiger partial charge in [-0.3, -0.25) is 9.78 Å². The highest BCUT2D eigenvalue weighted by Gasteiger charge is 2.12. The zero-order valence-electron chi connectivity index (χ0n) is 8.90. The van der Waals surface area contributed by atoms with Crippen molar-refractivity contribution in [3.8, 4) is 0 Å². The van der Waals surface area contributed by atoms with Crippen LogP contribution < -0.4 is 5.76 Å². The molecule has 0 aliphatic carbocycles. The maximum atomic E-state index is 12.2. The van der Waals surface area contributed by atoms with Gasteiger partial charge in [-0.25, -0.2) is 4.79 Å². The molecule has 0 unspecified atom stereocenters.